The first kappa shape index (κ1) is 29.0. The molecule has 2 aromatic carbocycles. The van der Waals surface area contributed by atoms with Crippen LogP contribution in [0.25, 0.3) is 33.6 Å². The van der Waals surface area contributed by atoms with Gasteiger partial charge in [0.1, 0.15) is 0 Å². The van der Waals surface area contributed by atoms with Crippen molar-refractivity contribution in [3.8, 4) is 0 Å². The SMILES string of the molecule is Nc1c(C2=CC=CC=CN2)c(C2=CC=CC=CN2)c2c(C3=CC=CC=CN3)cc(C3=CC=CC=CN3)c3c2c1CC3C1=CC=CC=CN1. The molecular weight excluding hydrogens is 589 g/mol. The summed E-state index contributed by atoms with van der Waals surface area (Å²) in [4.78, 5) is 0. The summed E-state index contributed by atoms with van der Waals surface area (Å²) >= 11 is 0. The van der Waals surface area contributed by atoms with E-state index in [1.807, 2.05) is 85.7 Å². The molecule has 7 N–H and O–H groups in total. The maximum Gasteiger partial charge on any atom is 0.0481 e. The predicted molar refractivity (Wildman–Crippen MR) is 202 cm³/mol. The standard InChI is InChI=1S/C42H36N6/c43-42-31-27-29(33-17-7-2-12-22-45-33)37-28(32-16-6-1-11-21-44-32)26-30(34-18-8-3-13-23-46-34)38(39(31)37)40(35-19-9-4-14-24-47-35)41(42)36-20-10-5-15-25-48-36/h1-26,29,44-48H,27,43H2. The molecule has 8 rings (SSSR count). The molecule has 6 heteroatoms. The Balaban J connectivity index is 1.55. The Labute approximate surface area is 281 Å². The van der Waals surface area contributed by atoms with E-state index in [2.05, 4.69) is 99.5 Å². The van der Waals surface area contributed by atoms with Crippen LogP contribution in [0.2, 0.25) is 0 Å². The summed E-state index contributed by atoms with van der Waals surface area (Å²) in [6.45, 7) is 0. The molecule has 1 aliphatic carbocycles. The number of benzene rings is 2. The molecule has 0 aromatic heterocycles. The minimum atomic E-state index is 0.0332. The van der Waals surface area contributed by atoms with Crippen molar-refractivity contribution in [3.63, 3.8) is 0 Å². The number of rotatable bonds is 5. The second kappa shape index (κ2) is 12.8. The van der Waals surface area contributed by atoms with Crippen LogP contribution in [0.4, 0.5) is 5.69 Å². The summed E-state index contributed by atoms with van der Waals surface area (Å²) in [7, 11) is 0. The number of allylic oxidation sites excluding steroid dienone is 21. The molecule has 6 nitrogen and oxygen atoms in total. The van der Waals surface area contributed by atoms with Crippen LogP contribution in [0.1, 0.15) is 39.3 Å². The Bertz CT molecular complexity index is 2180. The van der Waals surface area contributed by atoms with E-state index in [1.54, 1.807) is 0 Å². The Morgan fingerprint density at radius 3 is 1.54 bits per heavy atom. The van der Waals surface area contributed by atoms with Gasteiger partial charge in [-0.25, -0.2) is 0 Å². The van der Waals surface area contributed by atoms with Crippen LogP contribution in [0, 0.1) is 0 Å². The summed E-state index contributed by atoms with van der Waals surface area (Å²) < 4.78 is 0. The lowest BCUT2D eigenvalue weighted by molar-refractivity contribution is 0.766. The number of anilines is 1. The Morgan fingerprint density at radius 2 is 0.938 bits per heavy atom. The average Bonchev–Trinajstić information content (AvgIpc) is 3.67. The smallest absolute Gasteiger partial charge is 0.0481 e. The summed E-state index contributed by atoms with van der Waals surface area (Å²) in [6, 6.07) is 2.35. The van der Waals surface area contributed by atoms with E-state index in [0.717, 1.165) is 73.8 Å². The van der Waals surface area contributed by atoms with Gasteiger partial charge in [-0.1, -0.05) is 60.8 Å². The number of hydrogen-bond donors (Lipinski definition) is 6. The molecule has 0 saturated carbocycles. The highest BCUT2D eigenvalue weighted by Crippen LogP contribution is 2.53. The second-order valence-corrected chi connectivity index (χ2v) is 11.9. The van der Waals surface area contributed by atoms with Gasteiger partial charge in [0.15, 0.2) is 0 Å². The van der Waals surface area contributed by atoms with Gasteiger partial charge in [-0.15, -0.1) is 0 Å². The fourth-order valence-corrected chi connectivity index (χ4v) is 7.11. The minimum absolute atomic E-state index is 0.0332. The molecule has 0 spiro atoms. The Morgan fingerprint density at radius 1 is 0.458 bits per heavy atom. The third kappa shape index (κ3) is 5.19. The molecule has 2 aromatic rings. The quantitative estimate of drug-likeness (QED) is 0.192. The molecule has 5 heterocycles. The van der Waals surface area contributed by atoms with Gasteiger partial charge >= 0.3 is 0 Å². The van der Waals surface area contributed by atoms with Crippen LogP contribution < -0.4 is 32.3 Å². The van der Waals surface area contributed by atoms with Gasteiger partial charge in [0.2, 0.25) is 0 Å². The molecule has 0 amide bonds. The van der Waals surface area contributed by atoms with Gasteiger partial charge in [-0.05, 0) is 89.8 Å². The molecule has 48 heavy (non-hydrogen) atoms. The van der Waals surface area contributed by atoms with Gasteiger partial charge < -0.3 is 32.3 Å². The van der Waals surface area contributed by atoms with Gasteiger partial charge in [0.05, 0.1) is 0 Å². The van der Waals surface area contributed by atoms with E-state index in [-0.39, 0.29) is 5.92 Å². The van der Waals surface area contributed by atoms with Crippen LogP contribution in [-0.4, -0.2) is 0 Å². The van der Waals surface area contributed by atoms with Crippen molar-refractivity contribution >= 4 is 39.2 Å². The normalized spacial score (nSPS) is 20.1. The zero-order valence-corrected chi connectivity index (χ0v) is 26.4. The monoisotopic (exact) mass is 624 g/mol. The van der Waals surface area contributed by atoms with Crippen molar-refractivity contribution in [2.24, 2.45) is 0 Å². The lowest BCUT2D eigenvalue weighted by Crippen LogP contribution is -2.17. The molecular formula is C42H36N6. The van der Waals surface area contributed by atoms with E-state index in [9.17, 15) is 0 Å². The third-order valence-corrected chi connectivity index (χ3v) is 9.14. The maximum atomic E-state index is 7.46. The van der Waals surface area contributed by atoms with Crippen molar-refractivity contribution in [3.05, 3.63) is 198 Å². The summed E-state index contributed by atoms with van der Waals surface area (Å²) in [5, 5.41) is 20.3. The maximum absolute atomic E-state index is 7.46. The fraction of sp³-hybridized carbons (Fsp3) is 0.0476. The van der Waals surface area contributed by atoms with E-state index < -0.39 is 0 Å². The lowest BCUT2D eigenvalue weighted by Gasteiger charge is -2.26. The van der Waals surface area contributed by atoms with Gasteiger partial charge in [-0.3, -0.25) is 0 Å². The van der Waals surface area contributed by atoms with Crippen LogP contribution >= 0.6 is 0 Å². The molecule has 5 aliphatic heterocycles. The van der Waals surface area contributed by atoms with Gasteiger partial charge in [0.25, 0.3) is 0 Å². The largest absolute Gasteiger partial charge is 0.398 e. The Kier molecular flexibility index (Phi) is 7.73. The minimum Gasteiger partial charge on any atom is -0.398 e. The van der Waals surface area contributed by atoms with E-state index in [4.69, 9.17) is 5.73 Å². The van der Waals surface area contributed by atoms with Crippen LogP contribution in [0.5, 0.6) is 0 Å². The molecule has 1 atom stereocenters. The molecule has 0 saturated heterocycles. The van der Waals surface area contributed by atoms with Crippen molar-refractivity contribution in [1.82, 2.24) is 26.6 Å². The lowest BCUT2D eigenvalue weighted by atomic mass is 9.83. The topological polar surface area (TPSA) is 86.2 Å². The number of hydrogen-bond acceptors (Lipinski definition) is 6. The first-order valence-corrected chi connectivity index (χ1v) is 16.3. The van der Waals surface area contributed by atoms with Crippen molar-refractivity contribution in [2.45, 2.75) is 12.3 Å². The highest BCUT2D eigenvalue weighted by Gasteiger charge is 2.37. The van der Waals surface area contributed by atoms with Gasteiger partial charge in [-0.2, -0.15) is 0 Å². The van der Waals surface area contributed by atoms with E-state index >= 15 is 0 Å². The van der Waals surface area contributed by atoms with Crippen molar-refractivity contribution in [2.75, 3.05) is 5.73 Å². The summed E-state index contributed by atoms with van der Waals surface area (Å²) in [6.07, 6.45) is 52.1. The van der Waals surface area contributed by atoms with Crippen molar-refractivity contribution < 1.29 is 0 Å². The highest BCUT2D eigenvalue weighted by atomic mass is 14.9. The average molecular weight is 625 g/mol. The highest BCUT2D eigenvalue weighted by molar-refractivity contribution is 6.13. The van der Waals surface area contributed by atoms with Crippen molar-refractivity contribution in [1.29, 1.82) is 0 Å². The zero-order valence-electron chi connectivity index (χ0n) is 26.4. The molecule has 6 aliphatic rings. The predicted octanol–water partition coefficient (Wildman–Crippen LogP) is 7.67. The van der Waals surface area contributed by atoms with Crippen LogP contribution in [0.15, 0.2) is 164 Å². The van der Waals surface area contributed by atoms with Crippen LogP contribution in [0.3, 0.4) is 0 Å². The number of nitrogens with one attached hydrogen (secondary N) is 5. The molecule has 234 valence electrons. The molecule has 0 fully saturated rings. The number of nitrogens with two attached hydrogens (primary N) is 1. The fourth-order valence-electron chi connectivity index (χ4n) is 7.11. The first-order valence-electron chi connectivity index (χ1n) is 16.3. The van der Waals surface area contributed by atoms with Crippen LogP contribution in [-0.2, 0) is 6.42 Å². The third-order valence-electron chi connectivity index (χ3n) is 9.14. The number of nitrogen functional groups attached to an aromatic ring is 1. The second-order valence-electron chi connectivity index (χ2n) is 11.9. The van der Waals surface area contributed by atoms with E-state index in [1.165, 1.54) is 10.9 Å². The first-order chi connectivity index (χ1) is 23.8. The molecule has 0 radical (unpaired) electrons. The van der Waals surface area contributed by atoms with E-state index in [0.29, 0.717) is 0 Å². The summed E-state index contributed by atoms with van der Waals surface area (Å²) in [5.41, 5.74) is 19.9. The van der Waals surface area contributed by atoms with Gasteiger partial charge in [0, 0.05) is 98.7 Å². The summed E-state index contributed by atoms with van der Waals surface area (Å²) in [5.74, 6) is 0.0332. The molecule has 1 unspecified atom stereocenters. The molecule has 0 bridgehead atoms. The Hall–Kier alpha value is -6.40. The zero-order chi connectivity index (χ0) is 32.3.